The van der Waals surface area contributed by atoms with Crippen molar-refractivity contribution in [2.45, 2.75) is 33.1 Å². The van der Waals surface area contributed by atoms with E-state index in [4.69, 9.17) is 0 Å². The summed E-state index contributed by atoms with van der Waals surface area (Å²) in [5, 5.41) is 2.55. The van der Waals surface area contributed by atoms with Crippen LogP contribution in [0.2, 0.25) is 0 Å². The van der Waals surface area contributed by atoms with E-state index in [9.17, 15) is 0 Å². The topological polar surface area (TPSA) is 28.7 Å². The predicted molar refractivity (Wildman–Crippen MR) is 77.1 cm³/mol. The zero-order valence-corrected chi connectivity index (χ0v) is 11.1. The highest BCUT2D eigenvalue weighted by molar-refractivity contribution is 6.05. The lowest BCUT2D eigenvalue weighted by Gasteiger charge is -2.09. The van der Waals surface area contributed by atoms with Gasteiger partial charge in [-0.3, -0.25) is 4.98 Å². The van der Waals surface area contributed by atoms with Crippen LogP contribution >= 0.6 is 0 Å². The van der Waals surface area contributed by atoms with Crippen LogP contribution in [0.3, 0.4) is 0 Å². The Balaban J connectivity index is 2.40. The van der Waals surface area contributed by atoms with Crippen molar-refractivity contribution in [3.63, 3.8) is 0 Å². The summed E-state index contributed by atoms with van der Waals surface area (Å²) < 4.78 is 0. The standard InChI is InChI=1S/C16H18N2/c1-4-11-8-14-13-7-5-6-12(10(2)3)16(13)17-9-15(14)18-11/h5-10,18H,4H2,1-3H3. The number of nitrogens with zero attached hydrogens (tertiary/aromatic N) is 1. The smallest absolute Gasteiger partial charge is 0.0744 e. The average molecular weight is 238 g/mol. The van der Waals surface area contributed by atoms with Crippen molar-refractivity contribution < 1.29 is 0 Å². The second kappa shape index (κ2) is 4.13. The number of hydrogen-bond donors (Lipinski definition) is 1. The minimum Gasteiger partial charge on any atom is -0.357 e. The zero-order valence-electron chi connectivity index (χ0n) is 11.1. The van der Waals surface area contributed by atoms with Gasteiger partial charge in [0.05, 0.1) is 17.2 Å². The van der Waals surface area contributed by atoms with E-state index in [1.165, 1.54) is 22.0 Å². The summed E-state index contributed by atoms with van der Waals surface area (Å²) in [4.78, 5) is 8.07. The normalized spacial score (nSPS) is 11.8. The van der Waals surface area contributed by atoms with Crippen LogP contribution in [0.4, 0.5) is 0 Å². The van der Waals surface area contributed by atoms with Crippen LogP contribution in [-0.4, -0.2) is 9.97 Å². The summed E-state index contributed by atoms with van der Waals surface area (Å²) in [6.07, 6.45) is 2.99. The molecule has 0 atom stereocenters. The molecule has 0 unspecified atom stereocenters. The van der Waals surface area contributed by atoms with Crippen molar-refractivity contribution in [1.82, 2.24) is 9.97 Å². The Kier molecular flexibility index (Phi) is 2.58. The summed E-state index contributed by atoms with van der Waals surface area (Å²) in [5.74, 6) is 0.503. The summed E-state index contributed by atoms with van der Waals surface area (Å²) in [6.45, 7) is 6.60. The van der Waals surface area contributed by atoms with E-state index in [-0.39, 0.29) is 0 Å². The SMILES string of the molecule is CCc1cc2c(cnc3c(C(C)C)cccc32)[nH]1. The van der Waals surface area contributed by atoms with Crippen LogP contribution in [-0.2, 0) is 6.42 Å². The van der Waals surface area contributed by atoms with Gasteiger partial charge in [0.25, 0.3) is 0 Å². The van der Waals surface area contributed by atoms with Crippen molar-refractivity contribution in [1.29, 1.82) is 0 Å². The number of aryl methyl sites for hydroxylation is 1. The third-order valence-corrected chi connectivity index (χ3v) is 3.59. The fourth-order valence-electron chi connectivity index (χ4n) is 2.56. The van der Waals surface area contributed by atoms with Gasteiger partial charge in [0.2, 0.25) is 0 Å². The third kappa shape index (κ3) is 1.60. The van der Waals surface area contributed by atoms with Crippen molar-refractivity contribution in [3.8, 4) is 0 Å². The van der Waals surface area contributed by atoms with Crippen molar-refractivity contribution in [3.05, 3.63) is 41.7 Å². The molecule has 18 heavy (non-hydrogen) atoms. The number of hydrogen-bond acceptors (Lipinski definition) is 1. The quantitative estimate of drug-likeness (QED) is 0.704. The van der Waals surface area contributed by atoms with Crippen LogP contribution in [0.1, 0.15) is 37.9 Å². The van der Waals surface area contributed by atoms with Gasteiger partial charge < -0.3 is 4.98 Å². The molecule has 92 valence electrons. The number of fused-ring (bicyclic) bond motifs is 3. The van der Waals surface area contributed by atoms with E-state index in [2.05, 4.69) is 55.0 Å². The molecule has 3 aromatic rings. The van der Waals surface area contributed by atoms with E-state index in [1.807, 2.05) is 6.20 Å². The van der Waals surface area contributed by atoms with Gasteiger partial charge in [-0.2, -0.15) is 0 Å². The number of para-hydroxylation sites is 1. The molecule has 0 fully saturated rings. The van der Waals surface area contributed by atoms with Crippen molar-refractivity contribution in [2.24, 2.45) is 0 Å². The Morgan fingerprint density at radius 3 is 2.78 bits per heavy atom. The molecule has 3 rings (SSSR count). The number of nitrogens with one attached hydrogen (secondary N) is 1. The number of H-pyrrole nitrogens is 1. The maximum absolute atomic E-state index is 4.65. The van der Waals surface area contributed by atoms with Crippen molar-refractivity contribution in [2.75, 3.05) is 0 Å². The lowest BCUT2D eigenvalue weighted by Crippen LogP contribution is -1.91. The number of aromatic nitrogens is 2. The van der Waals surface area contributed by atoms with E-state index >= 15 is 0 Å². The molecule has 0 aliphatic heterocycles. The highest BCUT2D eigenvalue weighted by Gasteiger charge is 2.10. The molecule has 0 spiro atoms. The van der Waals surface area contributed by atoms with Gasteiger partial charge in [-0.25, -0.2) is 0 Å². The van der Waals surface area contributed by atoms with Crippen LogP contribution < -0.4 is 0 Å². The van der Waals surface area contributed by atoms with Gasteiger partial charge in [-0.05, 0) is 24.0 Å². The fraction of sp³-hybridized carbons (Fsp3) is 0.312. The van der Waals surface area contributed by atoms with E-state index < -0.39 is 0 Å². The van der Waals surface area contributed by atoms with Crippen LogP contribution in [0, 0.1) is 0 Å². The molecule has 0 saturated heterocycles. The predicted octanol–water partition coefficient (Wildman–Crippen LogP) is 4.40. The maximum Gasteiger partial charge on any atom is 0.0744 e. The first-order chi connectivity index (χ1) is 8.70. The molecule has 2 aromatic heterocycles. The van der Waals surface area contributed by atoms with Gasteiger partial charge in [-0.15, -0.1) is 0 Å². The molecule has 2 heterocycles. The Bertz CT molecular complexity index is 708. The molecule has 2 nitrogen and oxygen atoms in total. The number of aromatic amines is 1. The zero-order chi connectivity index (χ0) is 12.7. The molecule has 0 bridgehead atoms. The van der Waals surface area contributed by atoms with Crippen molar-refractivity contribution >= 4 is 21.8 Å². The molecule has 0 radical (unpaired) electrons. The molecule has 0 amide bonds. The third-order valence-electron chi connectivity index (χ3n) is 3.59. The molecular formula is C16H18N2. The summed E-state index contributed by atoms with van der Waals surface area (Å²) in [7, 11) is 0. The summed E-state index contributed by atoms with van der Waals surface area (Å²) in [6, 6.07) is 8.74. The second-order valence-electron chi connectivity index (χ2n) is 5.13. The minimum atomic E-state index is 0.503. The Hall–Kier alpha value is -1.83. The molecule has 2 heteroatoms. The number of pyridine rings is 1. The Morgan fingerprint density at radius 1 is 1.22 bits per heavy atom. The lowest BCUT2D eigenvalue weighted by atomic mass is 9.98. The van der Waals surface area contributed by atoms with E-state index in [0.29, 0.717) is 5.92 Å². The van der Waals surface area contributed by atoms with Gasteiger partial charge in [0.1, 0.15) is 0 Å². The molecule has 0 aliphatic rings. The Morgan fingerprint density at radius 2 is 2.06 bits per heavy atom. The van der Waals surface area contributed by atoms with Gasteiger partial charge in [0, 0.05) is 16.5 Å². The largest absolute Gasteiger partial charge is 0.357 e. The van der Waals surface area contributed by atoms with Crippen LogP contribution in [0.25, 0.3) is 21.8 Å². The lowest BCUT2D eigenvalue weighted by molar-refractivity contribution is 0.873. The average Bonchev–Trinajstić information content (AvgIpc) is 2.81. The number of rotatable bonds is 2. The molecule has 1 N–H and O–H groups in total. The van der Waals surface area contributed by atoms with Gasteiger partial charge >= 0.3 is 0 Å². The number of benzene rings is 1. The Labute approximate surface area is 107 Å². The first-order valence-corrected chi connectivity index (χ1v) is 6.60. The molecular weight excluding hydrogens is 220 g/mol. The summed E-state index contributed by atoms with van der Waals surface area (Å²) in [5.41, 5.74) is 4.88. The van der Waals surface area contributed by atoms with Crippen LogP contribution in [0.15, 0.2) is 30.5 Å². The monoisotopic (exact) mass is 238 g/mol. The van der Waals surface area contributed by atoms with Crippen LogP contribution in [0.5, 0.6) is 0 Å². The molecule has 0 aliphatic carbocycles. The minimum absolute atomic E-state index is 0.503. The van der Waals surface area contributed by atoms with Gasteiger partial charge in [0.15, 0.2) is 0 Å². The fourth-order valence-corrected chi connectivity index (χ4v) is 2.56. The molecule has 1 aromatic carbocycles. The van der Waals surface area contributed by atoms with E-state index in [0.717, 1.165) is 17.5 Å². The van der Waals surface area contributed by atoms with Gasteiger partial charge in [-0.1, -0.05) is 39.0 Å². The maximum atomic E-state index is 4.65. The second-order valence-corrected chi connectivity index (χ2v) is 5.13. The molecule has 0 saturated carbocycles. The highest BCUT2D eigenvalue weighted by atomic mass is 14.8. The first kappa shape index (κ1) is 11.3. The highest BCUT2D eigenvalue weighted by Crippen LogP contribution is 2.29. The van der Waals surface area contributed by atoms with E-state index in [1.54, 1.807) is 0 Å². The first-order valence-electron chi connectivity index (χ1n) is 6.60. The summed E-state index contributed by atoms with van der Waals surface area (Å²) >= 11 is 0.